The molecule has 0 spiro atoms. The Labute approximate surface area is 212 Å². The standard InChI is InChI=1S/C26H36N4O3S2/c1-4-35(32,33)30-11-8-18(9-12-30)23-16-29-25-21(23)13-19(14-22(25)26(27)31)24-6-5-20(34-24)15-28-10-7-17(2)3/h5-6,13-14,16-18,28-29H,4,7-12,15H2,1-3H3,(H2,27,31). The van der Waals surface area contributed by atoms with Crippen molar-refractivity contribution in [3.05, 3.63) is 46.5 Å². The number of primary amides is 1. The van der Waals surface area contributed by atoms with Crippen LogP contribution >= 0.6 is 11.3 Å². The lowest BCUT2D eigenvalue weighted by Crippen LogP contribution is -2.38. The summed E-state index contributed by atoms with van der Waals surface area (Å²) in [7, 11) is -3.17. The summed E-state index contributed by atoms with van der Waals surface area (Å²) in [5.74, 6) is 0.582. The minimum absolute atomic E-state index is 0.131. The molecule has 1 amide bonds. The number of fused-ring (bicyclic) bond motifs is 1. The Hall–Kier alpha value is -2.20. The lowest BCUT2D eigenvalue weighted by atomic mass is 9.89. The van der Waals surface area contributed by atoms with E-state index in [0.717, 1.165) is 59.3 Å². The van der Waals surface area contributed by atoms with Gasteiger partial charge in [0.2, 0.25) is 10.0 Å². The van der Waals surface area contributed by atoms with E-state index in [1.807, 2.05) is 12.3 Å². The topological polar surface area (TPSA) is 108 Å². The lowest BCUT2D eigenvalue weighted by Gasteiger charge is -2.31. The highest BCUT2D eigenvalue weighted by molar-refractivity contribution is 7.89. The molecule has 0 unspecified atom stereocenters. The van der Waals surface area contributed by atoms with Gasteiger partial charge in [-0.2, -0.15) is 0 Å². The molecular weight excluding hydrogens is 480 g/mol. The van der Waals surface area contributed by atoms with Crippen molar-refractivity contribution in [2.75, 3.05) is 25.4 Å². The molecule has 0 aliphatic carbocycles. The third kappa shape index (κ3) is 5.80. The van der Waals surface area contributed by atoms with Crippen LogP contribution in [0.1, 0.15) is 66.8 Å². The molecule has 1 saturated heterocycles. The van der Waals surface area contributed by atoms with Gasteiger partial charge < -0.3 is 16.0 Å². The van der Waals surface area contributed by atoms with Crippen LogP contribution in [0.2, 0.25) is 0 Å². The van der Waals surface area contributed by atoms with Crippen molar-refractivity contribution >= 4 is 38.2 Å². The zero-order valence-corrected chi connectivity index (χ0v) is 22.4. The van der Waals surface area contributed by atoms with Crippen molar-refractivity contribution in [3.8, 4) is 10.4 Å². The van der Waals surface area contributed by atoms with Gasteiger partial charge in [-0.15, -0.1) is 11.3 Å². The summed E-state index contributed by atoms with van der Waals surface area (Å²) in [5, 5.41) is 4.51. The molecule has 0 bridgehead atoms. The summed E-state index contributed by atoms with van der Waals surface area (Å²) >= 11 is 1.73. The maximum atomic E-state index is 12.3. The highest BCUT2D eigenvalue weighted by Crippen LogP contribution is 2.38. The highest BCUT2D eigenvalue weighted by Gasteiger charge is 2.29. The normalized spacial score (nSPS) is 15.9. The van der Waals surface area contributed by atoms with Gasteiger partial charge in [-0.25, -0.2) is 12.7 Å². The number of sulfonamides is 1. The molecule has 1 aliphatic rings. The van der Waals surface area contributed by atoms with Crippen molar-refractivity contribution in [3.63, 3.8) is 0 Å². The number of amides is 1. The van der Waals surface area contributed by atoms with Crippen molar-refractivity contribution in [1.82, 2.24) is 14.6 Å². The van der Waals surface area contributed by atoms with E-state index in [0.29, 0.717) is 24.6 Å². The van der Waals surface area contributed by atoms with Crippen molar-refractivity contribution < 1.29 is 13.2 Å². The zero-order chi connectivity index (χ0) is 25.2. The molecule has 3 aromatic rings. The average molecular weight is 517 g/mol. The summed E-state index contributed by atoms with van der Waals surface area (Å²) in [6.07, 6.45) is 4.63. The van der Waals surface area contributed by atoms with Crippen molar-refractivity contribution in [2.24, 2.45) is 11.7 Å². The molecule has 0 atom stereocenters. The first-order valence-electron chi connectivity index (χ1n) is 12.4. The van der Waals surface area contributed by atoms with Gasteiger partial charge in [0, 0.05) is 41.0 Å². The van der Waals surface area contributed by atoms with Crippen molar-refractivity contribution in [1.29, 1.82) is 0 Å². The lowest BCUT2D eigenvalue weighted by molar-refractivity contribution is 0.100. The molecule has 7 nitrogen and oxygen atoms in total. The number of carbonyl (C=O) groups is 1. The van der Waals surface area contributed by atoms with Gasteiger partial charge in [0.1, 0.15) is 0 Å². The van der Waals surface area contributed by atoms with E-state index in [9.17, 15) is 13.2 Å². The third-order valence-corrected chi connectivity index (χ3v) is 9.90. The predicted octanol–water partition coefficient (Wildman–Crippen LogP) is 4.66. The first-order valence-corrected chi connectivity index (χ1v) is 14.8. The van der Waals surface area contributed by atoms with Crippen LogP contribution in [0.4, 0.5) is 0 Å². The van der Waals surface area contributed by atoms with Crippen LogP contribution in [0, 0.1) is 5.92 Å². The van der Waals surface area contributed by atoms with E-state index in [-0.39, 0.29) is 11.7 Å². The number of hydrogen-bond donors (Lipinski definition) is 3. The molecule has 190 valence electrons. The number of H-pyrrole nitrogens is 1. The molecule has 35 heavy (non-hydrogen) atoms. The number of aromatic amines is 1. The van der Waals surface area contributed by atoms with E-state index in [1.165, 1.54) is 4.88 Å². The number of nitrogens with one attached hydrogen (secondary N) is 2. The Kier molecular flexibility index (Phi) is 8.00. The van der Waals surface area contributed by atoms with E-state index in [1.54, 1.807) is 22.6 Å². The SMILES string of the molecule is CCS(=O)(=O)N1CCC(c2c[nH]c3c(C(N)=O)cc(-c4ccc(CNCCC(C)C)s4)cc23)CC1. The van der Waals surface area contributed by atoms with Gasteiger partial charge >= 0.3 is 0 Å². The fraction of sp³-hybridized carbons (Fsp3) is 0.500. The zero-order valence-electron chi connectivity index (χ0n) is 20.8. The monoisotopic (exact) mass is 516 g/mol. The minimum atomic E-state index is -3.17. The van der Waals surface area contributed by atoms with Crippen LogP contribution in [0.25, 0.3) is 21.3 Å². The second-order valence-electron chi connectivity index (χ2n) is 9.75. The number of thiophene rings is 1. The molecular formula is C26H36N4O3S2. The summed E-state index contributed by atoms with van der Waals surface area (Å²) < 4.78 is 26.1. The number of hydrogen-bond acceptors (Lipinski definition) is 5. The molecule has 3 heterocycles. The fourth-order valence-corrected chi connectivity index (χ4v) is 6.88. The number of benzene rings is 1. The number of rotatable bonds is 10. The molecule has 1 aromatic carbocycles. The van der Waals surface area contributed by atoms with Crippen LogP contribution in [-0.2, 0) is 16.6 Å². The van der Waals surface area contributed by atoms with E-state index < -0.39 is 15.9 Å². The van der Waals surface area contributed by atoms with Gasteiger partial charge in [0.15, 0.2) is 0 Å². The second kappa shape index (κ2) is 10.8. The van der Waals surface area contributed by atoms with Crippen LogP contribution in [0.3, 0.4) is 0 Å². The van der Waals surface area contributed by atoms with Gasteiger partial charge in [-0.1, -0.05) is 13.8 Å². The molecule has 0 radical (unpaired) electrons. The molecule has 0 saturated carbocycles. The Morgan fingerprint density at radius 2 is 2.00 bits per heavy atom. The summed E-state index contributed by atoms with van der Waals surface area (Å²) in [6.45, 7) is 9.00. The molecule has 1 fully saturated rings. The van der Waals surface area contributed by atoms with Gasteiger partial charge in [0.25, 0.3) is 5.91 Å². The maximum Gasteiger partial charge on any atom is 0.250 e. The second-order valence-corrected chi connectivity index (χ2v) is 13.2. The van der Waals surface area contributed by atoms with Gasteiger partial charge in [-0.05, 0) is 80.0 Å². The number of nitrogens with two attached hydrogens (primary N) is 1. The number of carbonyl (C=O) groups excluding carboxylic acids is 1. The molecule has 9 heteroatoms. The van der Waals surface area contributed by atoms with Gasteiger partial charge in [-0.3, -0.25) is 4.79 Å². The van der Waals surface area contributed by atoms with Crippen LogP contribution in [-0.4, -0.2) is 49.0 Å². The van der Waals surface area contributed by atoms with E-state index in [4.69, 9.17) is 5.73 Å². The highest BCUT2D eigenvalue weighted by atomic mass is 32.2. The summed E-state index contributed by atoms with van der Waals surface area (Å²) in [5.41, 5.74) is 9.12. The predicted molar refractivity (Wildman–Crippen MR) is 144 cm³/mol. The quantitative estimate of drug-likeness (QED) is 0.341. The van der Waals surface area contributed by atoms with E-state index >= 15 is 0 Å². The summed E-state index contributed by atoms with van der Waals surface area (Å²) in [6, 6.07) is 8.27. The smallest absolute Gasteiger partial charge is 0.250 e. The third-order valence-electron chi connectivity index (χ3n) is 6.88. The largest absolute Gasteiger partial charge is 0.366 e. The van der Waals surface area contributed by atoms with Crippen LogP contribution < -0.4 is 11.1 Å². The summed E-state index contributed by atoms with van der Waals surface area (Å²) in [4.78, 5) is 18.0. The first-order chi connectivity index (χ1) is 16.7. The number of aromatic nitrogens is 1. The van der Waals surface area contributed by atoms with Crippen molar-refractivity contribution in [2.45, 2.75) is 52.5 Å². The number of piperidine rings is 1. The molecule has 4 N–H and O–H groups in total. The average Bonchev–Trinajstić information content (AvgIpc) is 3.48. The molecule has 2 aromatic heterocycles. The van der Waals surface area contributed by atoms with Crippen LogP contribution in [0.5, 0.6) is 0 Å². The number of nitrogens with zero attached hydrogens (tertiary/aromatic N) is 1. The van der Waals surface area contributed by atoms with E-state index in [2.05, 4.69) is 42.3 Å². The Morgan fingerprint density at radius 3 is 2.66 bits per heavy atom. The fourth-order valence-electron chi connectivity index (χ4n) is 4.79. The van der Waals surface area contributed by atoms with Gasteiger partial charge in [0.05, 0.1) is 16.8 Å². The Balaban J connectivity index is 1.59. The maximum absolute atomic E-state index is 12.3. The Bertz CT molecular complexity index is 1290. The molecule has 1 aliphatic heterocycles. The first kappa shape index (κ1) is 25.9. The minimum Gasteiger partial charge on any atom is -0.366 e. The Morgan fingerprint density at radius 1 is 1.26 bits per heavy atom. The van der Waals surface area contributed by atoms with Crippen LogP contribution in [0.15, 0.2) is 30.5 Å². The molecule has 4 rings (SSSR count).